The van der Waals surface area contributed by atoms with Gasteiger partial charge >= 0.3 is 7.82 Å². The Kier molecular flexibility index (Phi) is 42.7. The smallest absolute Gasteiger partial charge is 0.387 e. The Morgan fingerprint density at radius 3 is 1.48 bits per heavy atom. The fourth-order valence-corrected chi connectivity index (χ4v) is 7.67. The highest BCUT2D eigenvalue weighted by Crippen LogP contribution is 2.43. The Hall–Kier alpha value is -2.06. The van der Waals surface area contributed by atoms with Crippen LogP contribution in [-0.2, 0) is 18.4 Å². The fourth-order valence-electron chi connectivity index (χ4n) is 6.93. The number of hydrogen-bond donors (Lipinski definition) is 3. The summed E-state index contributed by atoms with van der Waals surface area (Å²) in [4.78, 5) is 23.2. The molecule has 0 bridgehead atoms. The van der Waals surface area contributed by atoms with Crippen LogP contribution < -0.4 is 5.32 Å². The van der Waals surface area contributed by atoms with Crippen LogP contribution in [0.5, 0.6) is 0 Å². The summed E-state index contributed by atoms with van der Waals surface area (Å²) >= 11 is 0. The van der Waals surface area contributed by atoms with Gasteiger partial charge in [-0.2, -0.15) is 0 Å². The number of carbonyl (C=O) groups is 1. The van der Waals surface area contributed by atoms with E-state index in [0.717, 1.165) is 64.2 Å². The molecule has 0 aliphatic rings. The minimum Gasteiger partial charge on any atom is -0.387 e. The first kappa shape index (κ1) is 59.9. The van der Waals surface area contributed by atoms with Gasteiger partial charge in [0.15, 0.2) is 0 Å². The second kappa shape index (κ2) is 44.2. The normalized spacial score (nSPS) is 14.8. The van der Waals surface area contributed by atoms with Gasteiger partial charge in [-0.3, -0.25) is 13.8 Å². The van der Waals surface area contributed by atoms with E-state index in [0.29, 0.717) is 17.4 Å². The number of phosphoric acid groups is 1. The maximum absolute atomic E-state index is 12.9. The maximum atomic E-state index is 12.9. The lowest BCUT2D eigenvalue weighted by molar-refractivity contribution is -0.870. The van der Waals surface area contributed by atoms with Crippen LogP contribution in [0.4, 0.5) is 0 Å². The Balaban J connectivity index is 4.22. The van der Waals surface area contributed by atoms with Gasteiger partial charge in [0.25, 0.3) is 0 Å². The molecule has 0 aromatic rings. The summed E-state index contributed by atoms with van der Waals surface area (Å²) in [6, 6.07) is -0.865. The number of allylic oxidation sites excluding steroid dienone is 11. The molecule has 0 aliphatic carbocycles. The molecule has 0 fully saturated rings. The zero-order valence-corrected chi connectivity index (χ0v) is 41.7. The molecule has 0 saturated heterocycles. The van der Waals surface area contributed by atoms with E-state index in [1.807, 2.05) is 27.2 Å². The standard InChI is InChI=1S/C53H97N2O6P/c1-6-8-10-12-14-16-18-20-21-22-23-24-25-26-27-28-29-30-31-32-33-35-37-39-41-43-45-47-53(57)54-51(50-61-62(58,59)60-49-48-55(3,4)5)52(56)46-44-42-40-38-36-34-19-17-15-13-11-9-7-2/h8,10,14,16,20-21,23-24,36,38,44,46,51-52,56H,6-7,9,11-13,15,17-19,22,25-35,37,39-43,45,47-50H2,1-5H3,(H-,54,57,58,59)/p+1/b10-8-,16-14-,21-20-,24-23-,38-36+,46-44+. The Morgan fingerprint density at radius 1 is 0.565 bits per heavy atom. The van der Waals surface area contributed by atoms with Crippen molar-refractivity contribution in [1.29, 1.82) is 0 Å². The first-order valence-corrected chi connectivity index (χ1v) is 26.8. The number of carbonyl (C=O) groups excluding carboxylic acids is 1. The molecule has 0 rings (SSSR count). The van der Waals surface area contributed by atoms with Crippen molar-refractivity contribution in [1.82, 2.24) is 5.32 Å². The number of nitrogens with one attached hydrogen (secondary N) is 1. The average Bonchev–Trinajstić information content (AvgIpc) is 3.23. The van der Waals surface area contributed by atoms with Gasteiger partial charge in [0, 0.05) is 6.42 Å². The van der Waals surface area contributed by atoms with Gasteiger partial charge in [-0.05, 0) is 70.6 Å². The van der Waals surface area contributed by atoms with E-state index in [2.05, 4.69) is 79.9 Å². The summed E-state index contributed by atoms with van der Waals surface area (Å²) in [5.74, 6) is -0.191. The first-order valence-electron chi connectivity index (χ1n) is 25.3. The summed E-state index contributed by atoms with van der Waals surface area (Å²) in [5, 5.41) is 13.8. The third-order valence-corrected chi connectivity index (χ3v) is 11.9. The van der Waals surface area contributed by atoms with Crippen molar-refractivity contribution in [3.8, 4) is 0 Å². The lowest BCUT2D eigenvalue weighted by Crippen LogP contribution is -2.45. The molecule has 9 heteroatoms. The first-order chi connectivity index (χ1) is 30.0. The quantitative estimate of drug-likeness (QED) is 0.0243. The lowest BCUT2D eigenvalue weighted by atomic mass is 10.0. The summed E-state index contributed by atoms with van der Waals surface area (Å²) in [7, 11) is 1.55. The van der Waals surface area contributed by atoms with E-state index >= 15 is 0 Å². The van der Waals surface area contributed by atoms with Gasteiger partial charge in [-0.1, -0.05) is 202 Å². The third kappa shape index (κ3) is 45.9. The molecule has 360 valence electrons. The zero-order chi connectivity index (χ0) is 45.7. The van der Waals surface area contributed by atoms with Crippen molar-refractivity contribution in [3.63, 3.8) is 0 Å². The van der Waals surface area contributed by atoms with Crippen molar-refractivity contribution >= 4 is 13.7 Å². The van der Waals surface area contributed by atoms with E-state index in [1.165, 1.54) is 122 Å². The number of hydrogen-bond acceptors (Lipinski definition) is 5. The van der Waals surface area contributed by atoms with Crippen LogP contribution in [-0.4, -0.2) is 73.4 Å². The molecule has 0 aromatic carbocycles. The van der Waals surface area contributed by atoms with Gasteiger partial charge in [-0.25, -0.2) is 4.57 Å². The minimum atomic E-state index is -4.35. The predicted molar refractivity (Wildman–Crippen MR) is 267 cm³/mol. The topological polar surface area (TPSA) is 105 Å². The molecule has 0 aliphatic heterocycles. The molecule has 8 nitrogen and oxygen atoms in total. The highest BCUT2D eigenvalue weighted by atomic mass is 31.2. The van der Waals surface area contributed by atoms with Crippen LogP contribution in [0.25, 0.3) is 0 Å². The second-order valence-corrected chi connectivity index (χ2v) is 19.6. The fraction of sp³-hybridized carbons (Fsp3) is 0.755. The summed E-state index contributed by atoms with van der Waals surface area (Å²) in [6.07, 6.45) is 59.9. The van der Waals surface area contributed by atoms with Crippen LogP contribution in [0, 0.1) is 0 Å². The van der Waals surface area contributed by atoms with E-state index in [9.17, 15) is 19.4 Å². The average molecular weight is 890 g/mol. The van der Waals surface area contributed by atoms with Crippen LogP contribution in [0.1, 0.15) is 206 Å². The van der Waals surface area contributed by atoms with E-state index in [4.69, 9.17) is 9.05 Å². The zero-order valence-electron chi connectivity index (χ0n) is 40.8. The highest BCUT2D eigenvalue weighted by molar-refractivity contribution is 7.47. The van der Waals surface area contributed by atoms with Crippen molar-refractivity contribution in [2.24, 2.45) is 0 Å². The van der Waals surface area contributed by atoms with Crippen LogP contribution >= 0.6 is 7.82 Å². The molecule has 0 spiro atoms. The molecule has 1 amide bonds. The second-order valence-electron chi connectivity index (χ2n) is 18.2. The van der Waals surface area contributed by atoms with Gasteiger partial charge in [0.1, 0.15) is 13.2 Å². The monoisotopic (exact) mass is 890 g/mol. The lowest BCUT2D eigenvalue weighted by Gasteiger charge is -2.25. The predicted octanol–water partition coefficient (Wildman–Crippen LogP) is 14.8. The number of likely N-dealkylation sites (N-methyl/N-ethyl adjacent to an activating group) is 1. The van der Waals surface area contributed by atoms with E-state index < -0.39 is 20.0 Å². The number of aliphatic hydroxyl groups is 1. The van der Waals surface area contributed by atoms with E-state index in [1.54, 1.807) is 6.08 Å². The number of aliphatic hydroxyl groups excluding tert-OH is 1. The molecule has 62 heavy (non-hydrogen) atoms. The molecule has 3 N–H and O–H groups in total. The summed E-state index contributed by atoms with van der Waals surface area (Å²) in [6.45, 7) is 4.66. The van der Waals surface area contributed by atoms with Crippen molar-refractivity contribution < 1.29 is 32.9 Å². The van der Waals surface area contributed by atoms with Gasteiger partial charge in [0.2, 0.25) is 5.91 Å². The minimum absolute atomic E-state index is 0.0538. The summed E-state index contributed by atoms with van der Waals surface area (Å²) < 4.78 is 23.6. The summed E-state index contributed by atoms with van der Waals surface area (Å²) in [5.41, 5.74) is 0. The number of nitrogens with zero attached hydrogens (tertiary/aromatic N) is 1. The molecule has 3 atom stereocenters. The largest absolute Gasteiger partial charge is 0.472 e. The van der Waals surface area contributed by atoms with E-state index in [-0.39, 0.29) is 19.1 Å². The van der Waals surface area contributed by atoms with Crippen molar-refractivity contribution in [2.45, 2.75) is 219 Å². The molecular formula is C53H98N2O6P+. The molecule has 3 unspecified atom stereocenters. The third-order valence-electron chi connectivity index (χ3n) is 10.9. The number of amides is 1. The highest BCUT2D eigenvalue weighted by Gasteiger charge is 2.27. The number of unbranched alkanes of at least 4 members (excludes halogenated alkanes) is 22. The Bertz CT molecular complexity index is 1240. The number of rotatable bonds is 45. The van der Waals surface area contributed by atoms with Gasteiger partial charge in [-0.15, -0.1) is 0 Å². The Morgan fingerprint density at radius 2 is 0.984 bits per heavy atom. The molecule has 0 aromatic heterocycles. The Labute approximate surface area is 383 Å². The SMILES string of the molecule is CC/C=C\C/C=C\C/C=C\C/C=C\CCCCCCCCCCCCCCCCC(=O)NC(COP(=O)(O)OCC[N+](C)(C)C)C(O)/C=C/CC/C=C/CCCCCCCCC. The molecule has 0 radical (unpaired) electrons. The molecular weight excluding hydrogens is 792 g/mol. The number of phosphoric ester groups is 1. The van der Waals surface area contributed by atoms with Crippen LogP contribution in [0.15, 0.2) is 72.9 Å². The molecule has 0 heterocycles. The van der Waals surface area contributed by atoms with Crippen LogP contribution in [0.3, 0.4) is 0 Å². The number of quaternary nitrogens is 1. The maximum Gasteiger partial charge on any atom is 0.472 e. The van der Waals surface area contributed by atoms with Gasteiger partial charge < -0.3 is 19.8 Å². The van der Waals surface area contributed by atoms with Crippen molar-refractivity contribution in [2.75, 3.05) is 40.9 Å². The van der Waals surface area contributed by atoms with Crippen molar-refractivity contribution in [3.05, 3.63) is 72.9 Å². The molecule has 0 saturated carbocycles. The van der Waals surface area contributed by atoms with Crippen LogP contribution in [0.2, 0.25) is 0 Å². The van der Waals surface area contributed by atoms with Gasteiger partial charge in [0.05, 0.1) is 39.9 Å².